The molecular formula is C14H15FN2O5. The first-order chi connectivity index (χ1) is 10.4. The number of nitro benzene ring substituents is 1. The number of aliphatic carboxylic acids is 1. The summed E-state index contributed by atoms with van der Waals surface area (Å²) in [6.45, 7) is 0.993. The SMILES string of the molecule is O=C(CN1CCC(C(=O)O)CC1)c1ccc(F)c([N+](=O)[O-])c1. The van der Waals surface area contributed by atoms with Crippen LogP contribution in [0.1, 0.15) is 23.2 Å². The zero-order valence-corrected chi connectivity index (χ0v) is 11.7. The Morgan fingerprint density at radius 1 is 1.36 bits per heavy atom. The monoisotopic (exact) mass is 310 g/mol. The van der Waals surface area contributed by atoms with Gasteiger partial charge in [0.05, 0.1) is 17.4 Å². The van der Waals surface area contributed by atoms with Gasteiger partial charge in [-0.15, -0.1) is 0 Å². The zero-order chi connectivity index (χ0) is 16.3. The predicted molar refractivity (Wildman–Crippen MR) is 74.2 cm³/mol. The van der Waals surface area contributed by atoms with Crippen LogP contribution in [0.5, 0.6) is 0 Å². The van der Waals surface area contributed by atoms with E-state index < -0.39 is 28.3 Å². The number of carboxylic acid groups (broad SMARTS) is 1. The Bertz CT molecular complexity index is 611. The van der Waals surface area contributed by atoms with Crippen LogP contribution in [0, 0.1) is 21.8 Å². The molecule has 2 rings (SSSR count). The third-order valence-electron chi connectivity index (χ3n) is 3.77. The van der Waals surface area contributed by atoms with Crippen LogP contribution in [0.3, 0.4) is 0 Å². The van der Waals surface area contributed by atoms with E-state index in [4.69, 9.17) is 5.11 Å². The van der Waals surface area contributed by atoms with Gasteiger partial charge in [-0.3, -0.25) is 24.6 Å². The van der Waals surface area contributed by atoms with Crippen molar-refractivity contribution < 1.29 is 24.0 Å². The third kappa shape index (κ3) is 3.64. The van der Waals surface area contributed by atoms with Gasteiger partial charge >= 0.3 is 11.7 Å². The molecular weight excluding hydrogens is 295 g/mol. The number of hydrogen-bond acceptors (Lipinski definition) is 5. The maximum Gasteiger partial charge on any atom is 0.306 e. The van der Waals surface area contributed by atoms with Crippen molar-refractivity contribution >= 4 is 17.4 Å². The number of ketones is 1. The van der Waals surface area contributed by atoms with Crippen molar-refractivity contribution in [3.63, 3.8) is 0 Å². The van der Waals surface area contributed by atoms with E-state index in [1.807, 2.05) is 0 Å². The fourth-order valence-electron chi connectivity index (χ4n) is 2.46. The van der Waals surface area contributed by atoms with Gasteiger partial charge in [-0.2, -0.15) is 4.39 Å². The van der Waals surface area contributed by atoms with Gasteiger partial charge in [0, 0.05) is 11.6 Å². The minimum Gasteiger partial charge on any atom is -0.481 e. The number of rotatable bonds is 5. The highest BCUT2D eigenvalue weighted by molar-refractivity contribution is 5.98. The molecule has 1 aliphatic rings. The van der Waals surface area contributed by atoms with Crippen LogP contribution < -0.4 is 0 Å². The summed E-state index contributed by atoms with van der Waals surface area (Å²) in [6.07, 6.45) is 0.929. The first kappa shape index (κ1) is 16.0. The van der Waals surface area contributed by atoms with Gasteiger partial charge in [-0.1, -0.05) is 0 Å². The molecule has 0 amide bonds. The van der Waals surface area contributed by atoms with Crippen molar-refractivity contribution in [1.29, 1.82) is 0 Å². The van der Waals surface area contributed by atoms with Gasteiger partial charge in [-0.05, 0) is 38.1 Å². The van der Waals surface area contributed by atoms with Crippen LogP contribution in [0.2, 0.25) is 0 Å². The quantitative estimate of drug-likeness (QED) is 0.505. The van der Waals surface area contributed by atoms with E-state index in [1.54, 1.807) is 4.90 Å². The maximum atomic E-state index is 13.2. The molecule has 1 aromatic carbocycles. The second kappa shape index (κ2) is 6.61. The average Bonchev–Trinajstić information content (AvgIpc) is 2.47. The van der Waals surface area contributed by atoms with Crippen LogP contribution in [-0.4, -0.2) is 46.3 Å². The number of nitro groups is 1. The maximum absolute atomic E-state index is 13.2. The number of Topliss-reactive ketones (excluding diaryl/α,β-unsaturated/α-hetero) is 1. The van der Waals surface area contributed by atoms with Gasteiger partial charge in [0.25, 0.3) is 0 Å². The summed E-state index contributed by atoms with van der Waals surface area (Å²) in [5, 5.41) is 19.6. The Kier molecular flexibility index (Phi) is 4.81. The summed E-state index contributed by atoms with van der Waals surface area (Å²) in [5.41, 5.74) is -0.649. The van der Waals surface area contributed by atoms with Crippen molar-refractivity contribution in [1.82, 2.24) is 4.90 Å². The minimum absolute atomic E-state index is 0.0368. The summed E-state index contributed by atoms with van der Waals surface area (Å²) >= 11 is 0. The van der Waals surface area contributed by atoms with Gasteiger partial charge < -0.3 is 5.11 Å². The van der Waals surface area contributed by atoms with Crippen molar-refractivity contribution in [2.75, 3.05) is 19.6 Å². The minimum atomic E-state index is -0.983. The van der Waals surface area contributed by atoms with Crippen molar-refractivity contribution in [3.8, 4) is 0 Å². The highest BCUT2D eigenvalue weighted by atomic mass is 19.1. The molecule has 0 bridgehead atoms. The molecule has 1 N–H and O–H groups in total. The van der Waals surface area contributed by atoms with Crippen molar-refractivity contribution in [2.45, 2.75) is 12.8 Å². The second-order valence-electron chi connectivity index (χ2n) is 5.24. The number of likely N-dealkylation sites (tertiary alicyclic amines) is 1. The largest absolute Gasteiger partial charge is 0.481 e. The van der Waals surface area contributed by atoms with Crippen molar-refractivity contribution in [2.24, 2.45) is 5.92 Å². The van der Waals surface area contributed by atoms with E-state index in [1.165, 1.54) is 6.07 Å². The van der Waals surface area contributed by atoms with Crippen LogP contribution in [0.15, 0.2) is 18.2 Å². The van der Waals surface area contributed by atoms with Gasteiger partial charge in [-0.25, -0.2) is 0 Å². The Morgan fingerprint density at radius 3 is 2.55 bits per heavy atom. The lowest BCUT2D eigenvalue weighted by Crippen LogP contribution is -2.39. The molecule has 22 heavy (non-hydrogen) atoms. The van der Waals surface area contributed by atoms with E-state index >= 15 is 0 Å². The van der Waals surface area contributed by atoms with Crippen LogP contribution in [0.4, 0.5) is 10.1 Å². The highest BCUT2D eigenvalue weighted by Crippen LogP contribution is 2.20. The Hall–Kier alpha value is -2.35. The topological polar surface area (TPSA) is 101 Å². The molecule has 1 aliphatic heterocycles. The predicted octanol–water partition coefficient (Wildman–Crippen LogP) is 1.71. The van der Waals surface area contributed by atoms with Gasteiger partial charge in [0.1, 0.15) is 0 Å². The van der Waals surface area contributed by atoms with Crippen LogP contribution in [-0.2, 0) is 4.79 Å². The number of halogens is 1. The normalized spacial score (nSPS) is 16.4. The fraction of sp³-hybridized carbons (Fsp3) is 0.429. The number of hydrogen-bond donors (Lipinski definition) is 1. The molecule has 1 aromatic rings. The van der Waals surface area contributed by atoms with Crippen molar-refractivity contribution in [3.05, 3.63) is 39.7 Å². The lowest BCUT2D eigenvalue weighted by Gasteiger charge is -2.29. The molecule has 7 nitrogen and oxygen atoms in total. The van der Waals surface area contributed by atoms with Gasteiger partial charge in [0.15, 0.2) is 5.78 Å². The van der Waals surface area contributed by atoms with E-state index in [9.17, 15) is 24.1 Å². The zero-order valence-electron chi connectivity index (χ0n) is 11.7. The Labute approximate surface area is 125 Å². The standard InChI is InChI=1S/C14H15FN2O5/c15-11-2-1-10(7-12(11)17(21)22)13(18)8-16-5-3-9(4-6-16)14(19)20/h1-2,7,9H,3-6,8H2,(H,19,20). The first-order valence-corrected chi connectivity index (χ1v) is 6.81. The molecule has 0 aliphatic carbocycles. The number of carboxylic acids is 1. The van der Waals surface area contributed by atoms with Gasteiger partial charge in [0.2, 0.25) is 5.82 Å². The smallest absolute Gasteiger partial charge is 0.306 e. The van der Waals surface area contributed by atoms with Crippen LogP contribution in [0.25, 0.3) is 0 Å². The Balaban J connectivity index is 2.00. The molecule has 0 saturated carbocycles. The second-order valence-corrected chi connectivity index (χ2v) is 5.24. The fourth-order valence-corrected chi connectivity index (χ4v) is 2.46. The number of benzene rings is 1. The molecule has 0 atom stereocenters. The van der Waals surface area contributed by atoms with Crippen LogP contribution >= 0.6 is 0 Å². The first-order valence-electron chi connectivity index (χ1n) is 6.81. The third-order valence-corrected chi connectivity index (χ3v) is 3.77. The molecule has 1 fully saturated rings. The number of carbonyl (C=O) groups is 2. The highest BCUT2D eigenvalue weighted by Gasteiger charge is 2.26. The van der Waals surface area contributed by atoms with E-state index in [2.05, 4.69) is 0 Å². The lowest BCUT2D eigenvalue weighted by molar-refractivity contribution is -0.387. The summed E-state index contributed by atoms with van der Waals surface area (Å²) in [6, 6.07) is 3.05. The molecule has 0 spiro atoms. The molecule has 0 unspecified atom stereocenters. The van der Waals surface area contributed by atoms with E-state index in [0.717, 1.165) is 12.1 Å². The molecule has 118 valence electrons. The molecule has 1 saturated heterocycles. The molecule has 0 radical (unpaired) electrons. The number of nitrogens with zero attached hydrogens (tertiary/aromatic N) is 2. The summed E-state index contributed by atoms with van der Waals surface area (Å²) in [5.74, 6) is -2.56. The number of piperidine rings is 1. The molecule has 0 aromatic heterocycles. The molecule has 8 heteroatoms. The summed E-state index contributed by atoms with van der Waals surface area (Å²) < 4.78 is 13.2. The Morgan fingerprint density at radius 2 is 2.00 bits per heavy atom. The van der Waals surface area contributed by atoms with E-state index in [-0.39, 0.29) is 17.9 Å². The van der Waals surface area contributed by atoms with E-state index in [0.29, 0.717) is 25.9 Å². The number of carbonyl (C=O) groups excluding carboxylic acids is 1. The average molecular weight is 310 g/mol. The lowest BCUT2D eigenvalue weighted by atomic mass is 9.96. The summed E-state index contributed by atoms with van der Waals surface area (Å²) in [7, 11) is 0. The summed E-state index contributed by atoms with van der Waals surface area (Å²) in [4.78, 5) is 34.6. The molecule has 1 heterocycles.